The van der Waals surface area contributed by atoms with Crippen molar-refractivity contribution in [2.75, 3.05) is 0 Å². The summed E-state index contributed by atoms with van der Waals surface area (Å²) in [4.78, 5) is 10.2. The molecule has 2 nitrogen and oxygen atoms in total. The molecular weight excluding hydrogens is 653 g/mol. The molecule has 11 aromatic rings. The largest absolute Gasteiger partial charge is 0.228 e. The van der Waals surface area contributed by atoms with Crippen molar-refractivity contribution in [1.82, 2.24) is 9.97 Å². The van der Waals surface area contributed by atoms with Crippen molar-refractivity contribution < 1.29 is 0 Å². The molecule has 10 aromatic carbocycles. The SMILES string of the molecule is c1ccc(-c2cc(-c3ccc(-c4ccc5c(c4)c4ccccc4c4cccc6ccc7cccc5c7c64)c4ccccc34)nc(-c3ccccc3)n2)cc1. The third kappa shape index (κ3) is 4.81. The van der Waals surface area contributed by atoms with E-state index in [9.17, 15) is 0 Å². The fraction of sp³-hybridized carbons (Fsp3) is 0. The molecular formula is C52H32N2. The Hall–Kier alpha value is -7.16. The van der Waals surface area contributed by atoms with Gasteiger partial charge in [-0.25, -0.2) is 9.97 Å². The van der Waals surface area contributed by atoms with E-state index in [4.69, 9.17) is 9.97 Å². The molecule has 0 saturated carbocycles. The van der Waals surface area contributed by atoms with Gasteiger partial charge in [0.15, 0.2) is 5.82 Å². The van der Waals surface area contributed by atoms with Crippen LogP contribution in [0.4, 0.5) is 0 Å². The standard InChI is InChI=1S/C52H32N2/c1-3-13-33(14-4-1)48-32-49(54-52(53-48)36-15-5-2-6-16-36)44-30-29-38(39-19-7-8-20-40(39)44)37-27-28-43-46-24-12-18-35-26-25-34-17-11-23-45(50(34)51(35)46)41-21-9-10-22-42(41)47(43)31-37/h1-32H. The summed E-state index contributed by atoms with van der Waals surface area (Å²) >= 11 is 0. The van der Waals surface area contributed by atoms with Gasteiger partial charge in [-0.05, 0) is 87.9 Å². The number of fused-ring (bicyclic) bond motifs is 6. The van der Waals surface area contributed by atoms with Crippen molar-refractivity contribution in [3.05, 3.63) is 194 Å². The van der Waals surface area contributed by atoms with Gasteiger partial charge in [-0.2, -0.15) is 0 Å². The van der Waals surface area contributed by atoms with E-state index in [1.54, 1.807) is 0 Å². The van der Waals surface area contributed by atoms with Gasteiger partial charge in [-0.15, -0.1) is 0 Å². The molecule has 0 atom stereocenters. The normalized spacial score (nSPS) is 11.7. The molecule has 0 aliphatic heterocycles. The highest BCUT2D eigenvalue weighted by molar-refractivity contribution is 6.33. The smallest absolute Gasteiger partial charge is 0.160 e. The average molecular weight is 685 g/mol. The van der Waals surface area contributed by atoms with Gasteiger partial charge in [0.25, 0.3) is 0 Å². The fourth-order valence-electron chi connectivity index (χ4n) is 8.56. The van der Waals surface area contributed by atoms with E-state index in [2.05, 4.69) is 170 Å². The second-order valence-electron chi connectivity index (χ2n) is 14.1. The van der Waals surface area contributed by atoms with Gasteiger partial charge >= 0.3 is 0 Å². The first-order valence-corrected chi connectivity index (χ1v) is 18.5. The van der Waals surface area contributed by atoms with Gasteiger partial charge < -0.3 is 0 Å². The van der Waals surface area contributed by atoms with E-state index in [1.165, 1.54) is 70.4 Å². The highest BCUT2D eigenvalue weighted by Gasteiger charge is 2.17. The summed E-state index contributed by atoms with van der Waals surface area (Å²) in [6, 6.07) is 70.0. The Morgan fingerprint density at radius 3 is 1.43 bits per heavy atom. The molecule has 0 saturated heterocycles. The van der Waals surface area contributed by atoms with Gasteiger partial charge in [0.1, 0.15) is 0 Å². The Morgan fingerprint density at radius 2 is 0.759 bits per heavy atom. The van der Waals surface area contributed by atoms with E-state index in [-0.39, 0.29) is 0 Å². The summed E-state index contributed by atoms with van der Waals surface area (Å²) in [5, 5.41) is 15.1. The third-order valence-corrected chi connectivity index (χ3v) is 11.0. The number of aromatic nitrogens is 2. The van der Waals surface area contributed by atoms with Crippen molar-refractivity contribution >= 4 is 64.6 Å². The van der Waals surface area contributed by atoms with Gasteiger partial charge in [0, 0.05) is 16.7 Å². The summed E-state index contributed by atoms with van der Waals surface area (Å²) in [7, 11) is 0. The van der Waals surface area contributed by atoms with Crippen LogP contribution in [-0.4, -0.2) is 9.97 Å². The molecule has 0 aliphatic rings. The number of benzene rings is 9. The van der Waals surface area contributed by atoms with E-state index in [0.717, 1.165) is 33.5 Å². The molecule has 0 bridgehead atoms. The lowest BCUT2D eigenvalue weighted by Crippen LogP contribution is -1.96. The zero-order valence-electron chi connectivity index (χ0n) is 29.4. The maximum atomic E-state index is 5.20. The van der Waals surface area contributed by atoms with Crippen LogP contribution in [-0.2, 0) is 0 Å². The van der Waals surface area contributed by atoms with Crippen LogP contribution < -0.4 is 0 Å². The second-order valence-corrected chi connectivity index (χ2v) is 14.1. The first kappa shape index (κ1) is 30.5. The number of hydrogen-bond acceptors (Lipinski definition) is 2. The summed E-state index contributed by atoms with van der Waals surface area (Å²) < 4.78 is 0. The van der Waals surface area contributed by atoms with Crippen molar-refractivity contribution in [2.45, 2.75) is 0 Å². The Morgan fingerprint density at radius 1 is 0.259 bits per heavy atom. The van der Waals surface area contributed by atoms with Crippen LogP contribution in [0.3, 0.4) is 0 Å². The van der Waals surface area contributed by atoms with Gasteiger partial charge in [0.2, 0.25) is 0 Å². The van der Waals surface area contributed by atoms with Crippen LogP contribution in [0.5, 0.6) is 0 Å². The van der Waals surface area contributed by atoms with Gasteiger partial charge in [-0.3, -0.25) is 0 Å². The number of rotatable bonds is 4. The molecule has 11 rings (SSSR count). The van der Waals surface area contributed by atoms with Gasteiger partial charge in [-0.1, -0.05) is 182 Å². The fourth-order valence-corrected chi connectivity index (χ4v) is 8.56. The quantitative estimate of drug-likeness (QED) is 0.172. The van der Waals surface area contributed by atoms with Crippen molar-refractivity contribution in [3.63, 3.8) is 0 Å². The lowest BCUT2D eigenvalue weighted by Gasteiger charge is -2.16. The average Bonchev–Trinajstić information content (AvgIpc) is 3.25. The Balaban J connectivity index is 1.17. The Labute approximate surface area is 312 Å². The molecule has 1 heterocycles. The highest BCUT2D eigenvalue weighted by Crippen LogP contribution is 2.42. The second kappa shape index (κ2) is 12.2. The summed E-state index contributed by atoms with van der Waals surface area (Å²) in [5.74, 6) is 0.715. The van der Waals surface area contributed by atoms with Crippen LogP contribution >= 0.6 is 0 Å². The minimum Gasteiger partial charge on any atom is -0.228 e. The third-order valence-electron chi connectivity index (χ3n) is 11.0. The van der Waals surface area contributed by atoms with Crippen molar-refractivity contribution in [3.8, 4) is 45.0 Å². The minimum atomic E-state index is 0.715. The minimum absolute atomic E-state index is 0.715. The molecule has 0 fully saturated rings. The summed E-state index contributed by atoms with van der Waals surface area (Å²) in [6.45, 7) is 0. The lowest BCUT2D eigenvalue weighted by atomic mass is 9.88. The Kier molecular flexibility index (Phi) is 6.90. The lowest BCUT2D eigenvalue weighted by molar-refractivity contribution is 1.18. The zero-order valence-corrected chi connectivity index (χ0v) is 29.4. The molecule has 0 spiro atoms. The maximum Gasteiger partial charge on any atom is 0.160 e. The first-order chi connectivity index (χ1) is 26.8. The molecule has 0 amide bonds. The van der Waals surface area contributed by atoms with E-state index < -0.39 is 0 Å². The molecule has 0 unspecified atom stereocenters. The highest BCUT2D eigenvalue weighted by atomic mass is 14.9. The van der Waals surface area contributed by atoms with E-state index in [1.807, 2.05) is 24.3 Å². The number of hydrogen-bond donors (Lipinski definition) is 0. The van der Waals surface area contributed by atoms with Crippen molar-refractivity contribution in [2.24, 2.45) is 0 Å². The predicted octanol–water partition coefficient (Wildman–Crippen LogP) is 14.1. The number of nitrogens with zero attached hydrogens (tertiary/aromatic N) is 2. The molecule has 1 aromatic heterocycles. The molecule has 250 valence electrons. The van der Waals surface area contributed by atoms with Crippen LogP contribution in [0.2, 0.25) is 0 Å². The van der Waals surface area contributed by atoms with Crippen LogP contribution in [0.15, 0.2) is 194 Å². The molecule has 0 N–H and O–H groups in total. The summed E-state index contributed by atoms with van der Waals surface area (Å²) in [6.07, 6.45) is 0. The Bertz CT molecular complexity index is 3200. The van der Waals surface area contributed by atoms with Crippen LogP contribution in [0.25, 0.3) is 110 Å². The van der Waals surface area contributed by atoms with Crippen LogP contribution in [0.1, 0.15) is 0 Å². The van der Waals surface area contributed by atoms with E-state index >= 15 is 0 Å². The molecule has 0 aliphatic carbocycles. The van der Waals surface area contributed by atoms with Crippen LogP contribution in [0, 0.1) is 0 Å². The van der Waals surface area contributed by atoms with Gasteiger partial charge in [0.05, 0.1) is 11.4 Å². The van der Waals surface area contributed by atoms with E-state index in [0.29, 0.717) is 5.82 Å². The zero-order chi connectivity index (χ0) is 35.6. The monoisotopic (exact) mass is 684 g/mol. The van der Waals surface area contributed by atoms with Crippen molar-refractivity contribution in [1.29, 1.82) is 0 Å². The molecule has 2 heteroatoms. The molecule has 0 radical (unpaired) electrons. The maximum absolute atomic E-state index is 5.20. The topological polar surface area (TPSA) is 25.8 Å². The first-order valence-electron chi connectivity index (χ1n) is 18.5. The predicted molar refractivity (Wildman–Crippen MR) is 229 cm³/mol. The molecule has 54 heavy (non-hydrogen) atoms. The summed E-state index contributed by atoms with van der Waals surface area (Å²) in [5.41, 5.74) is 7.32.